The average molecular weight is 253 g/mol. The Hall–Kier alpha value is -0.0400. The summed E-state index contributed by atoms with van der Waals surface area (Å²) in [6.07, 6.45) is 16.7. The monoisotopic (exact) mass is 253 g/mol. The smallest absolute Gasteiger partial charge is 0.00441 e. The second-order valence-electron chi connectivity index (χ2n) is 6.51. The summed E-state index contributed by atoms with van der Waals surface area (Å²) in [5.41, 5.74) is 6.40. The van der Waals surface area contributed by atoms with E-state index in [0.717, 1.165) is 11.8 Å². The summed E-state index contributed by atoms with van der Waals surface area (Å²) in [4.78, 5) is 0. The summed E-state index contributed by atoms with van der Waals surface area (Å²) in [6.45, 7) is 4.62. The molecular weight excluding hydrogens is 218 g/mol. The molecule has 1 nitrogen and oxygen atoms in total. The minimum Gasteiger partial charge on any atom is -0.328 e. The van der Waals surface area contributed by atoms with Crippen molar-refractivity contribution in [3.05, 3.63) is 0 Å². The highest BCUT2D eigenvalue weighted by atomic mass is 14.6. The summed E-state index contributed by atoms with van der Waals surface area (Å²) in [6, 6.07) is 0.468. The Morgan fingerprint density at radius 3 is 2.28 bits per heavy atom. The molecule has 0 radical (unpaired) electrons. The van der Waals surface area contributed by atoms with Crippen LogP contribution in [0, 0.1) is 11.8 Å². The molecule has 0 spiro atoms. The van der Waals surface area contributed by atoms with Crippen LogP contribution in [0.1, 0.15) is 90.9 Å². The van der Waals surface area contributed by atoms with Gasteiger partial charge in [-0.2, -0.15) is 0 Å². The van der Waals surface area contributed by atoms with Gasteiger partial charge in [-0.15, -0.1) is 0 Å². The molecule has 0 aliphatic heterocycles. The fraction of sp³-hybridized carbons (Fsp3) is 1.00. The van der Waals surface area contributed by atoms with Crippen molar-refractivity contribution in [3.63, 3.8) is 0 Å². The van der Waals surface area contributed by atoms with Gasteiger partial charge in [-0.1, -0.05) is 78.1 Å². The molecule has 0 bridgehead atoms. The second-order valence-corrected chi connectivity index (χ2v) is 6.51. The molecule has 0 heterocycles. The van der Waals surface area contributed by atoms with Gasteiger partial charge in [0.25, 0.3) is 0 Å². The predicted molar refractivity (Wildman–Crippen MR) is 81.7 cm³/mol. The molecule has 1 saturated carbocycles. The molecule has 0 aromatic carbocycles. The fourth-order valence-corrected chi connectivity index (χ4v) is 3.53. The van der Waals surface area contributed by atoms with Gasteiger partial charge >= 0.3 is 0 Å². The molecule has 2 N–H and O–H groups in total. The van der Waals surface area contributed by atoms with Crippen LogP contribution in [0.5, 0.6) is 0 Å². The normalized spacial score (nSPS) is 21.5. The van der Waals surface area contributed by atoms with E-state index in [0.29, 0.717) is 6.04 Å². The van der Waals surface area contributed by atoms with Crippen LogP contribution < -0.4 is 5.73 Å². The molecule has 2 unspecified atom stereocenters. The van der Waals surface area contributed by atoms with Crippen molar-refractivity contribution in [2.75, 3.05) is 0 Å². The van der Waals surface area contributed by atoms with Gasteiger partial charge in [0.1, 0.15) is 0 Å². The zero-order valence-corrected chi connectivity index (χ0v) is 12.8. The van der Waals surface area contributed by atoms with Gasteiger partial charge in [-0.3, -0.25) is 0 Å². The SMILES string of the molecule is CCCCC(CC)CC(N)CC1CCCCCC1. The van der Waals surface area contributed by atoms with Crippen molar-refractivity contribution in [2.24, 2.45) is 17.6 Å². The number of nitrogens with two attached hydrogens (primary N) is 1. The Balaban J connectivity index is 2.22. The number of rotatable bonds is 8. The minimum absolute atomic E-state index is 0.468. The van der Waals surface area contributed by atoms with Gasteiger partial charge in [0.2, 0.25) is 0 Å². The predicted octanol–water partition coefficient (Wildman–Crippen LogP) is 5.28. The Morgan fingerprint density at radius 2 is 1.72 bits per heavy atom. The van der Waals surface area contributed by atoms with E-state index in [1.807, 2.05) is 0 Å². The van der Waals surface area contributed by atoms with E-state index >= 15 is 0 Å². The average Bonchev–Trinajstić information content (AvgIpc) is 2.63. The van der Waals surface area contributed by atoms with E-state index in [2.05, 4.69) is 13.8 Å². The van der Waals surface area contributed by atoms with Gasteiger partial charge in [0.15, 0.2) is 0 Å². The van der Waals surface area contributed by atoms with Crippen LogP contribution in [0.25, 0.3) is 0 Å². The van der Waals surface area contributed by atoms with Gasteiger partial charge in [0.05, 0.1) is 0 Å². The maximum Gasteiger partial charge on any atom is 0.00441 e. The van der Waals surface area contributed by atoms with E-state index in [1.54, 1.807) is 0 Å². The van der Waals surface area contributed by atoms with E-state index in [-0.39, 0.29) is 0 Å². The molecule has 0 amide bonds. The van der Waals surface area contributed by atoms with Crippen LogP contribution in [0.4, 0.5) is 0 Å². The van der Waals surface area contributed by atoms with Crippen molar-refractivity contribution in [1.29, 1.82) is 0 Å². The molecule has 18 heavy (non-hydrogen) atoms. The Kier molecular flexibility index (Phi) is 8.75. The summed E-state index contributed by atoms with van der Waals surface area (Å²) in [5, 5.41) is 0. The van der Waals surface area contributed by atoms with Gasteiger partial charge in [0, 0.05) is 6.04 Å². The molecule has 108 valence electrons. The quantitative estimate of drug-likeness (QED) is 0.585. The van der Waals surface area contributed by atoms with Crippen molar-refractivity contribution >= 4 is 0 Å². The number of hydrogen-bond acceptors (Lipinski definition) is 1. The zero-order chi connectivity index (χ0) is 13.2. The first-order chi connectivity index (χ1) is 8.76. The van der Waals surface area contributed by atoms with Crippen LogP contribution in [-0.4, -0.2) is 6.04 Å². The standard InChI is InChI=1S/C17H35N/c1-3-5-10-15(4-2)13-17(18)14-16-11-8-6-7-9-12-16/h15-17H,3-14,18H2,1-2H3. The van der Waals surface area contributed by atoms with Crippen molar-refractivity contribution in [3.8, 4) is 0 Å². The third-order valence-electron chi connectivity index (χ3n) is 4.79. The highest BCUT2D eigenvalue weighted by Crippen LogP contribution is 2.28. The topological polar surface area (TPSA) is 26.0 Å². The molecule has 1 rings (SSSR count). The Bertz CT molecular complexity index is 182. The Morgan fingerprint density at radius 1 is 1.06 bits per heavy atom. The number of hydrogen-bond donors (Lipinski definition) is 1. The molecule has 2 atom stereocenters. The van der Waals surface area contributed by atoms with Crippen LogP contribution in [-0.2, 0) is 0 Å². The molecule has 1 aliphatic carbocycles. The van der Waals surface area contributed by atoms with E-state index in [4.69, 9.17) is 5.73 Å². The largest absolute Gasteiger partial charge is 0.328 e. The third kappa shape index (κ3) is 6.78. The lowest BCUT2D eigenvalue weighted by Crippen LogP contribution is -2.26. The van der Waals surface area contributed by atoms with Crippen molar-refractivity contribution < 1.29 is 0 Å². The van der Waals surface area contributed by atoms with Crippen LogP contribution in [0.15, 0.2) is 0 Å². The highest BCUT2D eigenvalue weighted by Gasteiger charge is 2.18. The first-order valence-electron chi connectivity index (χ1n) is 8.51. The van der Waals surface area contributed by atoms with Gasteiger partial charge in [-0.25, -0.2) is 0 Å². The first-order valence-corrected chi connectivity index (χ1v) is 8.51. The van der Waals surface area contributed by atoms with Gasteiger partial charge in [-0.05, 0) is 24.7 Å². The van der Waals surface area contributed by atoms with Crippen LogP contribution in [0.3, 0.4) is 0 Å². The summed E-state index contributed by atoms with van der Waals surface area (Å²) < 4.78 is 0. The molecule has 0 saturated heterocycles. The van der Waals surface area contributed by atoms with Crippen molar-refractivity contribution in [2.45, 2.75) is 96.9 Å². The summed E-state index contributed by atoms with van der Waals surface area (Å²) in [5.74, 6) is 1.82. The second kappa shape index (κ2) is 9.83. The van der Waals surface area contributed by atoms with E-state index < -0.39 is 0 Å². The third-order valence-corrected chi connectivity index (χ3v) is 4.79. The number of unbranched alkanes of at least 4 members (excludes halogenated alkanes) is 1. The molecular formula is C17H35N. The lowest BCUT2D eigenvalue weighted by Gasteiger charge is -2.23. The maximum atomic E-state index is 6.40. The van der Waals surface area contributed by atoms with Crippen LogP contribution >= 0.6 is 0 Å². The molecule has 1 heteroatoms. The lowest BCUT2D eigenvalue weighted by atomic mass is 9.86. The molecule has 0 aromatic heterocycles. The minimum atomic E-state index is 0.468. The Labute approximate surface area is 115 Å². The molecule has 1 aliphatic rings. The molecule has 1 fully saturated rings. The van der Waals surface area contributed by atoms with Gasteiger partial charge < -0.3 is 5.73 Å². The van der Waals surface area contributed by atoms with Crippen LogP contribution in [0.2, 0.25) is 0 Å². The summed E-state index contributed by atoms with van der Waals surface area (Å²) >= 11 is 0. The first kappa shape index (κ1) is 16.0. The lowest BCUT2D eigenvalue weighted by molar-refractivity contribution is 0.324. The van der Waals surface area contributed by atoms with Crippen molar-refractivity contribution in [1.82, 2.24) is 0 Å². The van der Waals surface area contributed by atoms with E-state index in [1.165, 1.54) is 77.0 Å². The van der Waals surface area contributed by atoms with E-state index in [9.17, 15) is 0 Å². The summed E-state index contributed by atoms with van der Waals surface area (Å²) in [7, 11) is 0. The maximum absolute atomic E-state index is 6.40. The fourth-order valence-electron chi connectivity index (χ4n) is 3.53. The highest BCUT2D eigenvalue weighted by molar-refractivity contribution is 4.74. The zero-order valence-electron chi connectivity index (χ0n) is 12.8. The molecule has 0 aromatic rings.